The smallest absolute Gasteiger partial charge is 0.305 e. The summed E-state index contributed by atoms with van der Waals surface area (Å²) in [5.74, 6) is -1.30. The van der Waals surface area contributed by atoms with E-state index in [0.717, 1.165) is 25.7 Å². The van der Waals surface area contributed by atoms with E-state index in [0.29, 0.717) is 12.8 Å². The van der Waals surface area contributed by atoms with Crippen molar-refractivity contribution in [2.45, 2.75) is 61.4 Å². The number of aliphatic carboxylic acids is 1. The van der Waals surface area contributed by atoms with Crippen molar-refractivity contribution in [3.63, 3.8) is 0 Å². The Morgan fingerprint density at radius 2 is 1.93 bits per heavy atom. The monoisotopic (exact) mass is 396 g/mol. The minimum absolute atomic E-state index is 0.0745. The van der Waals surface area contributed by atoms with Crippen LogP contribution in [0.3, 0.4) is 0 Å². The Labute approximate surface area is 158 Å². The van der Waals surface area contributed by atoms with E-state index in [4.69, 9.17) is 4.74 Å². The van der Waals surface area contributed by atoms with Crippen LogP contribution < -0.4 is 14.8 Å². The number of rotatable bonds is 8. The predicted molar refractivity (Wildman–Crippen MR) is 97.3 cm³/mol. The third kappa shape index (κ3) is 4.59. The molecule has 0 radical (unpaired) electrons. The summed E-state index contributed by atoms with van der Waals surface area (Å²) in [6.45, 7) is 0. The van der Waals surface area contributed by atoms with Crippen molar-refractivity contribution in [1.29, 1.82) is 0 Å². The van der Waals surface area contributed by atoms with Crippen molar-refractivity contribution in [1.82, 2.24) is 10.0 Å². The molecule has 8 nitrogen and oxygen atoms in total. The molecule has 3 N–H and O–H groups in total. The zero-order valence-electron chi connectivity index (χ0n) is 15.2. The van der Waals surface area contributed by atoms with Crippen molar-refractivity contribution in [2.24, 2.45) is 0 Å². The summed E-state index contributed by atoms with van der Waals surface area (Å²) in [6.07, 6.45) is 4.32. The van der Waals surface area contributed by atoms with Crippen molar-refractivity contribution in [3.8, 4) is 5.75 Å². The van der Waals surface area contributed by atoms with Gasteiger partial charge in [0, 0.05) is 11.6 Å². The molecule has 0 heterocycles. The van der Waals surface area contributed by atoms with Crippen molar-refractivity contribution in [3.05, 3.63) is 23.8 Å². The number of methoxy groups -OCH3 is 1. The molecule has 2 aliphatic rings. The molecule has 2 saturated carbocycles. The van der Waals surface area contributed by atoms with Crippen LogP contribution in [0.5, 0.6) is 5.75 Å². The Bertz CT molecular complexity index is 841. The van der Waals surface area contributed by atoms with E-state index in [2.05, 4.69) is 10.0 Å². The Morgan fingerprint density at radius 3 is 2.48 bits per heavy atom. The molecular weight excluding hydrogens is 372 g/mol. The highest BCUT2D eigenvalue weighted by Gasteiger charge is 2.38. The van der Waals surface area contributed by atoms with Gasteiger partial charge in [0.05, 0.1) is 19.1 Å². The van der Waals surface area contributed by atoms with E-state index >= 15 is 0 Å². The van der Waals surface area contributed by atoms with Crippen molar-refractivity contribution in [2.75, 3.05) is 7.11 Å². The van der Waals surface area contributed by atoms with Gasteiger partial charge in [-0.3, -0.25) is 9.59 Å². The predicted octanol–water partition coefficient (Wildman–Crippen LogP) is 1.65. The summed E-state index contributed by atoms with van der Waals surface area (Å²) in [7, 11) is -2.44. The summed E-state index contributed by atoms with van der Waals surface area (Å²) in [6, 6.07) is 4.12. The first-order valence-corrected chi connectivity index (χ1v) is 10.5. The SMILES string of the molecule is COc1ccc(C(=O)NC2(CC(=O)O)CCCC2)cc1S(=O)(=O)NC1CC1. The molecule has 2 aliphatic carbocycles. The van der Waals surface area contributed by atoms with Gasteiger partial charge in [-0.2, -0.15) is 0 Å². The van der Waals surface area contributed by atoms with Crippen molar-refractivity contribution < 1.29 is 27.9 Å². The van der Waals surface area contributed by atoms with Gasteiger partial charge in [-0.05, 0) is 43.9 Å². The van der Waals surface area contributed by atoms with Crippen LogP contribution in [0, 0.1) is 0 Å². The minimum Gasteiger partial charge on any atom is -0.495 e. The average Bonchev–Trinajstić information content (AvgIpc) is 3.29. The normalized spacial score (nSPS) is 18.9. The fourth-order valence-corrected chi connectivity index (χ4v) is 5.01. The fourth-order valence-electron chi connectivity index (χ4n) is 3.51. The number of hydrogen-bond donors (Lipinski definition) is 3. The van der Waals surface area contributed by atoms with Crippen LogP contribution in [-0.4, -0.2) is 44.1 Å². The second-order valence-corrected chi connectivity index (χ2v) is 8.96. The van der Waals surface area contributed by atoms with Crippen LogP contribution in [0.4, 0.5) is 0 Å². The molecule has 27 heavy (non-hydrogen) atoms. The first-order valence-electron chi connectivity index (χ1n) is 8.99. The van der Waals surface area contributed by atoms with Gasteiger partial charge in [0.25, 0.3) is 5.91 Å². The summed E-state index contributed by atoms with van der Waals surface area (Å²) in [5.41, 5.74) is -0.627. The lowest BCUT2D eigenvalue weighted by Gasteiger charge is -2.28. The van der Waals surface area contributed by atoms with Crippen LogP contribution in [0.15, 0.2) is 23.1 Å². The molecule has 1 aromatic rings. The Morgan fingerprint density at radius 1 is 1.26 bits per heavy atom. The summed E-state index contributed by atoms with van der Waals surface area (Å²) in [5, 5.41) is 12.0. The zero-order valence-corrected chi connectivity index (χ0v) is 16.0. The van der Waals surface area contributed by atoms with E-state index in [-0.39, 0.29) is 28.7 Å². The molecule has 1 amide bonds. The van der Waals surface area contributed by atoms with Gasteiger partial charge >= 0.3 is 5.97 Å². The summed E-state index contributed by atoms with van der Waals surface area (Å²) >= 11 is 0. The van der Waals surface area contributed by atoms with Crippen LogP contribution in [0.2, 0.25) is 0 Å². The number of carbonyl (C=O) groups excluding carboxylic acids is 1. The molecule has 3 rings (SSSR count). The van der Waals surface area contributed by atoms with E-state index in [1.165, 1.54) is 25.3 Å². The van der Waals surface area contributed by atoms with Gasteiger partial charge in [-0.25, -0.2) is 13.1 Å². The van der Waals surface area contributed by atoms with Gasteiger partial charge in [0.2, 0.25) is 10.0 Å². The second kappa shape index (κ2) is 7.47. The number of hydrogen-bond acceptors (Lipinski definition) is 5. The van der Waals surface area contributed by atoms with Crippen LogP contribution in [0.25, 0.3) is 0 Å². The first-order chi connectivity index (χ1) is 12.7. The van der Waals surface area contributed by atoms with Crippen LogP contribution >= 0.6 is 0 Å². The van der Waals surface area contributed by atoms with E-state index in [1.54, 1.807) is 0 Å². The first kappa shape index (κ1) is 19.6. The molecule has 0 unspecified atom stereocenters. The number of amides is 1. The van der Waals surface area contributed by atoms with Crippen LogP contribution in [0.1, 0.15) is 55.3 Å². The Hall–Kier alpha value is -2.13. The number of ether oxygens (including phenoxy) is 1. The van der Waals surface area contributed by atoms with Crippen LogP contribution in [-0.2, 0) is 14.8 Å². The molecule has 1 aromatic carbocycles. The maximum absolute atomic E-state index is 12.7. The van der Waals surface area contributed by atoms with Gasteiger partial charge < -0.3 is 15.2 Å². The Kier molecular flexibility index (Phi) is 5.43. The second-order valence-electron chi connectivity index (χ2n) is 7.27. The van der Waals surface area contributed by atoms with Gasteiger partial charge in [-0.1, -0.05) is 12.8 Å². The molecule has 0 bridgehead atoms. The standard InChI is InChI=1S/C18H24N2O6S/c1-26-14-7-4-12(10-15(14)27(24,25)20-13-5-6-13)17(23)19-18(11-16(21)22)8-2-3-9-18/h4,7,10,13,20H,2-3,5-6,8-9,11H2,1H3,(H,19,23)(H,21,22). The molecule has 0 atom stereocenters. The van der Waals surface area contributed by atoms with E-state index < -0.39 is 27.4 Å². The topological polar surface area (TPSA) is 122 Å². The molecule has 148 valence electrons. The molecule has 0 aromatic heterocycles. The third-order valence-corrected chi connectivity index (χ3v) is 6.59. The molecule has 2 fully saturated rings. The van der Waals surface area contributed by atoms with Gasteiger partial charge in [0.1, 0.15) is 10.6 Å². The quantitative estimate of drug-likeness (QED) is 0.614. The number of carbonyl (C=O) groups is 2. The average molecular weight is 396 g/mol. The molecule has 0 spiro atoms. The van der Waals surface area contributed by atoms with E-state index in [9.17, 15) is 23.1 Å². The highest BCUT2D eigenvalue weighted by molar-refractivity contribution is 7.89. The maximum Gasteiger partial charge on any atom is 0.305 e. The van der Waals surface area contributed by atoms with Gasteiger partial charge in [0.15, 0.2) is 0 Å². The molecular formula is C18H24N2O6S. The molecule has 0 saturated heterocycles. The van der Waals surface area contributed by atoms with Gasteiger partial charge in [-0.15, -0.1) is 0 Å². The molecule has 0 aliphatic heterocycles. The number of sulfonamides is 1. The number of benzene rings is 1. The van der Waals surface area contributed by atoms with Crippen molar-refractivity contribution >= 4 is 21.9 Å². The number of carboxylic acids is 1. The highest BCUT2D eigenvalue weighted by atomic mass is 32.2. The third-order valence-electron chi connectivity index (χ3n) is 5.04. The number of carboxylic acid groups (broad SMARTS) is 1. The largest absolute Gasteiger partial charge is 0.495 e. The lowest BCUT2D eigenvalue weighted by molar-refractivity contribution is -0.138. The summed E-state index contributed by atoms with van der Waals surface area (Å²) in [4.78, 5) is 23.8. The highest BCUT2D eigenvalue weighted by Crippen LogP contribution is 2.33. The lowest BCUT2D eigenvalue weighted by atomic mass is 9.92. The fraction of sp³-hybridized carbons (Fsp3) is 0.556. The maximum atomic E-state index is 12.7. The zero-order chi connectivity index (χ0) is 19.7. The molecule has 9 heteroatoms. The van der Waals surface area contributed by atoms with E-state index in [1.807, 2.05) is 0 Å². The Balaban J connectivity index is 1.86. The minimum atomic E-state index is -3.81. The lowest BCUT2D eigenvalue weighted by Crippen LogP contribution is -2.47. The summed E-state index contributed by atoms with van der Waals surface area (Å²) < 4.78 is 32.9. The number of nitrogens with one attached hydrogen (secondary N) is 2.